The van der Waals surface area contributed by atoms with Gasteiger partial charge < -0.3 is 33.9 Å². The van der Waals surface area contributed by atoms with Crippen LogP contribution >= 0.6 is 19.4 Å². The van der Waals surface area contributed by atoms with Gasteiger partial charge in [0.05, 0.1) is 36.0 Å². The summed E-state index contributed by atoms with van der Waals surface area (Å²) in [5.41, 5.74) is 6.56. The number of nitrogens with two attached hydrogens (primary N) is 1. The van der Waals surface area contributed by atoms with Gasteiger partial charge in [0.15, 0.2) is 17.4 Å². The first-order valence-corrected chi connectivity index (χ1v) is 26.3. The molecule has 2 saturated heterocycles. The van der Waals surface area contributed by atoms with Crippen LogP contribution in [0.2, 0.25) is 5.02 Å². The molecule has 6 atom stereocenters. The van der Waals surface area contributed by atoms with Crippen LogP contribution in [0.15, 0.2) is 59.9 Å². The highest BCUT2D eigenvalue weighted by Crippen LogP contribution is 2.54. The van der Waals surface area contributed by atoms with Crippen molar-refractivity contribution in [3.63, 3.8) is 0 Å². The lowest BCUT2D eigenvalue weighted by Crippen LogP contribution is -2.40. The Balaban J connectivity index is 1.10. The van der Waals surface area contributed by atoms with E-state index < -0.39 is 57.0 Å². The van der Waals surface area contributed by atoms with Gasteiger partial charge in [0, 0.05) is 6.61 Å². The Morgan fingerprint density at radius 1 is 0.884 bits per heavy atom. The van der Waals surface area contributed by atoms with Crippen LogP contribution in [0.1, 0.15) is 146 Å². The number of nitrogens with zero attached hydrogens (tertiary/aromatic N) is 6. The van der Waals surface area contributed by atoms with Gasteiger partial charge in [-0.3, -0.25) is 14.0 Å². The van der Waals surface area contributed by atoms with Gasteiger partial charge in [0.1, 0.15) is 59.8 Å². The summed E-state index contributed by atoms with van der Waals surface area (Å²) in [6.07, 6.45) is 17.8. The van der Waals surface area contributed by atoms with Crippen molar-refractivity contribution in [1.29, 1.82) is 10.5 Å². The number of benzene rings is 2. The van der Waals surface area contributed by atoms with Gasteiger partial charge in [-0.25, -0.2) is 14.1 Å². The molecule has 0 radical (unpaired) electrons. The van der Waals surface area contributed by atoms with Gasteiger partial charge in [-0.2, -0.15) is 15.6 Å². The highest BCUT2D eigenvalue weighted by molar-refractivity contribution is 7.49. The van der Waals surface area contributed by atoms with E-state index in [0.29, 0.717) is 23.4 Å². The van der Waals surface area contributed by atoms with Crippen LogP contribution in [0.5, 0.6) is 11.5 Å². The van der Waals surface area contributed by atoms with Crippen molar-refractivity contribution in [1.82, 2.24) is 14.6 Å². The summed E-state index contributed by atoms with van der Waals surface area (Å²) >= 11 is 6.51. The predicted octanol–water partition coefficient (Wildman–Crippen LogP) is 11.7. The van der Waals surface area contributed by atoms with E-state index in [9.17, 15) is 15.1 Å². The van der Waals surface area contributed by atoms with Gasteiger partial charge in [0.2, 0.25) is 5.72 Å². The normalized spacial score (nSPS) is 20.8. The summed E-state index contributed by atoms with van der Waals surface area (Å²) in [6.45, 7) is 11.0. The topological polar surface area (TPSA) is 207 Å². The van der Waals surface area contributed by atoms with Crippen LogP contribution in [0.4, 0.5) is 5.82 Å². The minimum Gasteiger partial charge on any atom is -0.483 e. The number of aromatic nitrogens is 3. The Labute approximate surface area is 412 Å². The summed E-state index contributed by atoms with van der Waals surface area (Å²) in [5.74, 6) is -0.758. The molecular formula is C51H69ClN7O9P. The van der Waals surface area contributed by atoms with Crippen molar-refractivity contribution < 1.29 is 41.8 Å². The number of halogens is 1. The summed E-state index contributed by atoms with van der Waals surface area (Å²) in [7, 11) is -4.64. The van der Waals surface area contributed by atoms with Gasteiger partial charge in [0.25, 0.3) is 0 Å². The summed E-state index contributed by atoms with van der Waals surface area (Å²) in [4.78, 5) is 8.56. The molecule has 2 aromatic heterocycles. The largest absolute Gasteiger partial charge is 0.530 e. The molecule has 18 heteroatoms. The molecule has 69 heavy (non-hydrogen) atoms. The van der Waals surface area contributed by atoms with Gasteiger partial charge >= 0.3 is 7.82 Å². The number of rotatable bonds is 31. The molecule has 4 heterocycles. The second-order valence-corrected chi connectivity index (χ2v) is 20.3. The van der Waals surface area contributed by atoms with Crippen molar-refractivity contribution in [2.75, 3.05) is 32.2 Å². The highest BCUT2D eigenvalue weighted by atomic mass is 35.5. The van der Waals surface area contributed by atoms with E-state index in [0.717, 1.165) is 19.3 Å². The number of phosphoric ester groups is 1. The van der Waals surface area contributed by atoms with Gasteiger partial charge in [-0.05, 0) is 75.9 Å². The highest BCUT2D eigenvalue weighted by Gasteiger charge is 2.65. The van der Waals surface area contributed by atoms with Crippen LogP contribution in [-0.2, 0) is 38.3 Å². The maximum Gasteiger partial charge on any atom is 0.530 e. The fourth-order valence-electron chi connectivity index (χ4n) is 8.88. The average molecular weight is 991 g/mol. The number of unbranched alkanes of at least 4 members (excludes halogenated alkanes) is 15. The van der Waals surface area contributed by atoms with Crippen molar-refractivity contribution in [3.05, 3.63) is 82.3 Å². The number of hydrogen-bond donors (Lipinski definition) is 1. The van der Waals surface area contributed by atoms with E-state index in [1.807, 2.05) is 0 Å². The molecule has 0 amide bonds. The molecule has 0 spiro atoms. The smallest absolute Gasteiger partial charge is 0.483 e. The van der Waals surface area contributed by atoms with E-state index >= 15 is 0 Å². The lowest BCUT2D eigenvalue weighted by Gasteiger charge is -2.31. The Morgan fingerprint density at radius 2 is 1.51 bits per heavy atom. The molecule has 16 nitrogen and oxygen atoms in total. The van der Waals surface area contributed by atoms with Crippen LogP contribution in [0.25, 0.3) is 5.52 Å². The quantitative estimate of drug-likeness (QED) is 0.0283. The van der Waals surface area contributed by atoms with Crippen molar-refractivity contribution in [2.24, 2.45) is 4.99 Å². The SMILES string of the molecule is C=N[C@@]1(c2ccc3c(N)ncnn23)O[C@H](COP(=O)(OC[C@@H](COCCCCCCCCCCCCCCCCCC)Oc2c(C#N)cc(C)cc2C#N)Oc2ccccc2Cl)[C@H]2OC(C)(C)O[C@H]21. The number of nitrogen functional groups attached to an aromatic ring is 1. The number of aryl methyl sites for hydroxylation is 1. The van der Waals surface area contributed by atoms with E-state index in [1.165, 1.54) is 95.9 Å². The minimum absolute atomic E-state index is 0.0302. The fourth-order valence-corrected chi connectivity index (χ4v) is 10.4. The number of nitriles is 2. The molecule has 374 valence electrons. The van der Waals surface area contributed by atoms with Gasteiger partial charge in [-0.15, -0.1) is 0 Å². The average Bonchev–Trinajstić information content (AvgIpc) is 4.01. The molecule has 1 unspecified atom stereocenters. The van der Waals surface area contributed by atoms with Crippen LogP contribution in [-0.4, -0.2) is 77.9 Å². The molecule has 2 aliphatic heterocycles. The summed E-state index contributed by atoms with van der Waals surface area (Å²) in [5, 5.41) is 24.7. The number of anilines is 1. The number of phosphoric acid groups is 1. The molecule has 2 fully saturated rings. The first-order chi connectivity index (χ1) is 33.4. The summed E-state index contributed by atoms with van der Waals surface area (Å²) < 4.78 is 66.6. The van der Waals surface area contributed by atoms with Crippen LogP contribution in [0.3, 0.4) is 0 Å². The third-order valence-corrected chi connectivity index (χ3v) is 14.0. The lowest BCUT2D eigenvalue weighted by molar-refractivity contribution is -0.214. The second kappa shape index (κ2) is 26.0. The van der Waals surface area contributed by atoms with Crippen molar-refractivity contribution >= 4 is 37.5 Å². The molecule has 6 rings (SSSR count). The van der Waals surface area contributed by atoms with Crippen molar-refractivity contribution in [3.8, 4) is 23.6 Å². The predicted molar refractivity (Wildman–Crippen MR) is 264 cm³/mol. The van der Waals surface area contributed by atoms with E-state index in [1.54, 1.807) is 67.8 Å². The summed E-state index contributed by atoms with van der Waals surface area (Å²) in [6, 6.07) is 17.4. The molecule has 2 N–H and O–H groups in total. The van der Waals surface area contributed by atoms with Gasteiger partial charge in [-0.1, -0.05) is 127 Å². The van der Waals surface area contributed by atoms with E-state index in [-0.39, 0.29) is 40.1 Å². The maximum atomic E-state index is 14.9. The number of hydrogen-bond acceptors (Lipinski definition) is 15. The standard InChI is InChI=1S/C51H69ClN7O9P/c1-6-7-8-9-10-11-12-13-14-15-16-17-18-19-20-23-28-61-33-40(64-46-38(31-53)29-37(2)30-39(46)32-54)34-62-69(60,68-43-25-22-21-24-41(43)52)63-35-44-47-48(67-50(3,4)66-47)51(56-5,65-44)45-27-26-42-49(55)57-36-58-59(42)45/h21-22,24-27,29-30,36,40,44,47-48H,5-20,23,28,33-35H2,1-4H3,(H2,55,57,58)/t40-,44-,47-,48-,51+,69?/m1/s1. The number of aliphatic imine (C=N–C) groups is 1. The molecule has 2 aromatic carbocycles. The maximum absolute atomic E-state index is 14.9. The zero-order chi connectivity index (χ0) is 49.3. The van der Waals surface area contributed by atoms with Crippen molar-refractivity contribution in [2.45, 2.75) is 166 Å². The number of ether oxygens (including phenoxy) is 5. The van der Waals surface area contributed by atoms with Crippen LogP contribution < -0.4 is 15.0 Å². The molecule has 2 aliphatic rings. The Bertz CT molecular complexity index is 2390. The first-order valence-electron chi connectivity index (χ1n) is 24.5. The number of para-hydroxylation sites is 1. The van der Waals surface area contributed by atoms with E-state index in [4.69, 9.17) is 54.6 Å². The molecular weight excluding hydrogens is 921 g/mol. The lowest BCUT2D eigenvalue weighted by atomic mass is 10.0. The molecule has 0 aliphatic carbocycles. The Kier molecular flexibility index (Phi) is 20.3. The number of fused-ring (bicyclic) bond motifs is 2. The third-order valence-electron chi connectivity index (χ3n) is 12.4. The third kappa shape index (κ3) is 14.5. The molecule has 0 bridgehead atoms. The first kappa shape index (κ1) is 53.7. The minimum atomic E-state index is -4.64. The van der Waals surface area contributed by atoms with E-state index in [2.05, 4.69) is 40.9 Å². The molecule has 4 aromatic rings. The zero-order valence-electron chi connectivity index (χ0n) is 40.6. The van der Waals surface area contributed by atoms with Crippen LogP contribution in [0, 0.1) is 29.6 Å². The zero-order valence-corrected chi connectivity index (χ0v) is 42.3. The Morgan fingerprint density at radius 3 is 2.12 bits per heavy atom. The second-order valence-electron chi connectivity index (χ2n) is 18.3. The fraction of sp³-hybridized carbons (Fsp3) is 0.588. The monoisotopic (exact) mass is 989 g/mol. The Hall–Kier alpha value is -4.61. The molecule has 0 saturated carbocycles.